The Labute approximate surface area is 93.6 Å². The van der Waals surface area contributed by atoms with Gasteiger partial charge in [0.2, 0.25) is 0 Å². The van der Waals surface area contributed by atoms with Crippen LogP contribution in [0.4, 0.5) is 0 Å². The van der Waals surface area contributed by atoms with Crippen molar-refractivity contribution in [3.8, 4) is 5.75 Å². The number of nitrogens with two attached hydrogens (primary N) is 1. The van der Waals surface area contributed by atoms with Gasteiger partial charge in [-0.1, -0.05) is 0 Å². The SMILES string of the molecule is NCCNC(=O)COc1ccc(C=O)cc1. The van der Waals surface area contributed by atoms with Crippen LogP contribution in [0.25, 0.3) is 0 Å². The molecule has 0 saturated heterocycles. The van der Waals surface area contributed by atoms with Gasteiger partial charge >= 0.3 is 0 Å². The van der Waals surface area contributed by atoms with Gasteiger partial charge in [-0.3, -0.25) is 9.59 Å². The van der Waals surface area contributed by atoms with Crippen LogP contribution in [0.5, 0.6) is 5.75 Å². The lowest BCUT2D eigenvalue weighted by Crippen LogP contribution is -2.32. The highest BCUT2D eigenvalue weighted by Crippen LogP contribution is 2.10. The van der Waals surface area contributed by atoms with E-state index in [0.717, 1.165) is 6.29 Å². The molecule has 0 bridgehead atoms. The van der Waals surface area contributed by atoms with Crippen LogP contribution in [0, 0.1) is 0 Å². The van der Waals surface area contributed by atoms with Gasteiger partial charge in [0.1, 0.15) is 12.0 Å². The fraction of sp³-hybridized carbons (Fsp3) is 0.273. The molecule has 5 heteroatoms. The number of amides is 1. The van der Waals surface area contributed by atoms with Crippen molar-refractivity contribution in [2.75, 3.05) is 19.7 Å². The predicted molar refractivity (Wildman–Crippen MR) is 59.4 cm³/mol. The molecule has 3 N–H and O–H groups in total. The fourth-order valence-corrected chi connectivity index (χ4v) is 1.05. The second kappa shape index (κ2) is 6.58. The first-order valence-electron chi connectivity index (χ1n) is 4.91. The summed E-state index contributed by atoms with van der Waals surface area (Å²) in [4.78, 5) is 21.5. The standard InChI is InChI=1S/C11H14N2O3/c12-5-6-13-11(15)8-16-10-3-1-9(7-14)2-4-10/h1-4,7H,5-6,8,12H2,(H,13,15). The molecule has 0 aromatic heterocycles. The van der Waals surface area contributed by atoms with Gasteiger partial charge in [-0.2, -0.15) is 0 Å². The molecule has 0 radical (unpaired) electrons. The predicted octanol–water partition coefficient (Wildman–Crippen LogP) is -0.0472. The Balaban J connectivity index is 2.36. The van der Waals surface area contributed by atoms with Gasteiger partial charge in [0.25, 0.3) is 5.91 Å². The highest BCUT2D eigenvalue weighted by Gasteiger charge is 2.01. The van der Waals surface area contributed by atoms with Crippen LogP contribution >= 0.6 is 0 Å². The molecule has 86 valence electrons. The third-order valence-corrected chi connectivity index (χ3v) is 1.85. The second-order valence-corrected chi connectivity index (χ2v) is 3.11. The summed E-state index contributed by atoms with van der Waals surface area (Å²) in [6.07, 6.45) is 0.748. The van der Waals surface area contributed by atoms with Gasteiger partial charge in [0.05, 0.1) is 0 Å². The fourth-order valence-electron chi connectivity index (χ4n) is 1.05. The first kappa shape index (κ1) is 12.2. The second-order valence-electron chi connectivity index (χ2n) is 3.11. The molecule has 5 nitrogen and oxygen atoms in total. The number of rotatable bonds is 6. The number of benzene rings is 1. The minimum absolute atomic E-state index is 0.0551. The lowest BCUT2D eigenvalue weighted by atomic mass is 10.2. The molecular formula is C11H14N2O3. The number of hydrogen-bond acceptors (Lipinski definition) is 4. The van der Waals surface area contributed by atoms with Gasteiger partial charge in [0, 0.05) is 18.7 Å². The van der Waals surface area contributed by atoms with Gasteiger partial charge in [-0.15, -0.1) is 0 Å². The quantitative estimate of drug-likeness (QED) is 0.661. The molecule has 1 aromatic rings. The summed E-state index contributed by atoms with van der Waals surface area (Å²) in [5.74, 6) is 0.332. The Bertz CT molecular complexity index is 349. The van der Waals surface area contributed by atoms with E-state index < -0.39 is 0 Å². The van der Waals surface area contributed by atoms with Crippen LogP contribution in [0.15, 0.2) is 24.3 Å². The van der Waals surface area contributed by atoms with E-state index in [1.165, 1.54) is 0 Å². The van der Waals surface area contributed by atoms with E-state index in [1.54, 1.807) is 24.3 Å². The number of hydrogen-bond donors (Lipinski definition) is 2. The van der Waals surface area contributed by atoms with Gasteiger partial charge in [-0.05, 0) is 24.3 Å². The lowest BCUT2D eigenvalue weighted by Gasteiger charge is -2.06. The normalized spacial score (nSPS) is 9.56. The summed E-state index contributed by atoms with van der Waals surface area (Å²) < 4.78 is 5.20. The number of aldehydes is 1. The minimum Gasteiger partial charge on any atom is -0.484 e. The molecule has 0 saturated carbocycles. The van der Waals surface area contributed by atoms with Crippen molar-refractivity contribution in [1.82, 2.24) is 5.32 Å². The summed E-state index contributed by atoms with van der Waals surface area (Å²) in [6, 6.07) is 6.53. The number of carbonyl (C=O) groups is 2. The Kier molecular flexibility index (Phi) is 5.01. The van der Waals surface area contributed by atoms with E-state index in [0.29, 0.717) is 24.4 Å². The van der Waals surface area contributed by atoms with E-state index in [1.807, 2.05) is 0 Å². The van der Waals surface area contributed by atoms with Crippen LogP contribution in [0.1, 0.15) is 10.4 Å². The maximum absolute atomic E-state index is 11.2. The summed E-state index contributed by atoms with van der Waals surface area (Å²) >= 11 is 0. The molecule has 0 aliphatic heterocycles. The molecule has 1 aromatic carbocycles. The van der Waals surface area contributed by atoms with Crippen molar-refractivity contribution in [1.29, 1.82) is 0 Å². The lowest BCUT2D eigenvalue weighted by molar-refractivity contribution is -0.123. The van der Waals surface area contributed by atoms with Crippen molar-refractivity contribution >= 4 is 12.2 Å². The molecular weight excluding hydrogens is 208 g/mol. The zero-order valence-corrected chi connectivity index (χ0v) is 8.81. The van der Waals surface area contributed by atoms with Crippen molar-refractivity contribution in [3.63, 3.8) is 0 Å². The average molecular weight is 222 g/mol. The molecule has 16 heavy (non-hydrogen) atoms. The molecule has 0 fully saturated rings. The summed E-state index contributed by atoms with van der Waals surface area (Å²) in [5.41, 5.74) is 5.80. The number of nitrogens with one attached hydrogen (secondary N) is 1. The zero-order valence-electron chi connectivity index (χ0n) is 8.81. The third-order valence-electron chi connectivity index (χ3n) is 1.85. The highest BCUT2D eigenvalue weighted by atomic mass is 16.5. The van der Waals surface area contributed by atoms with Crippen molar-refractivity contribution in [3.05, 3.63) is 29.8 Å². The number of carbonyl (C=O) groups excluding carboxylic acids is 2. The van der Waals surface area contributed by atoms with E-state index in [2.05, 4.69) is 5.32 Å². The summed E-state index contributed by atoms with van der Waals surface area (Å²) in [6.45, 7) is 0.784. The monoisotopic (exact) mass is 222 g/mol. The molecule has 0 aliphatic rings. The number of ether oxygens (including phenoxy) is 1. The Morgan fingerprint density at radius 1 is 1.38 bits per heavy atom. The third kappa shape index (κ3) is 4.10. The van der Waals surface area contributed by atoms with Crippen LogP contribution in [0.3, 0.4) is 0 Å². The average Bonchev–Trinajstić information content (AvgIpc) is 2.34. The van der Waals surface area contributed by atoms with E-state index >= 15 is 0 Å². The van der Waals surface area contributed by atoms with Crippen LogP contribution < -0.4 is 15.8 Å². The van der Waals surface area contributed by atoms with Crippen LogP contribution in [-0.2, 0) is 4.79 Å². The van der Waals surface area contributed by atoms with E-state index in [-0.39, 0.29) is 12.5 Å². The van der Waals surface area contributed by atoms with Gasteiger partial charge in [0.15, 0.2) is 6.61 Å². The van der Waals surface area contributed by atoms with E-state index in [4.69, 9.17) is 10.5 Å². The Hall–Kier alpha value is -1.88. The first-order valence-corrected chi connectivity index (χ1v) is 4.91. The molecule has 0 atom stereocenters. The largest absolute Gasteiger partial charge is 0.484 e. The van der Waals surface area contributed by atoms with Crippen molar-refractivity contribution < 1.29 is 14.3 Å². The Morgan fingerprint density at radius 3 is 2.62 bits per heavy atom. The maximum Gasteiger partial charge on any atom is 0.257 e. The molecule has 1 amide bonds. The summed E-state index contributed by atoms with van der Waals surface area (Å²) in [5, 5.41) is 2.58. The molecule has 1 rings (SSSR count). The zero-order chi connectivity index (χ0) is 11.8. The van der Waals surface area contributed by atoms with Crippen molar-refractivity contribution in [2.45, 2.75) is 0 Å². The van der Waals surface area contributed by atoms with Gasteiger partial charge < -0.3 is 15.8 Å². The maximum atomic E-state index is 11.2. The van der Waals surface area contributed by atoms with Crippen LogP contribution in [0.2, 0.25) is 0 Å². The highest BCUT2D eigenvalue weighted by molar-refractivity contribution is 5.77. The van der Waals surface area contributed by atoms with E-state index in [9.17, 15) is 9.59 Å². The molecule has 0 heterocycles. The van der Waals surface area contributed by atoms with Crippen molar-refractivity contribution in [2.24, 2.45) is 5.73 Å². The van der Waals surface area contributed by atoms with Gasteiger partial charge in [-0.25, -0.2) is 0 Å². The Morgan fingerprint density at radius 2 is 2.06 bits per heavy atom. The molecule has 0 unspecified atom stereocenters. The van der Waals surface area contributed by atoms with Crippen LogP contribution in [-0.4, -0.2) is 31.9 Å². The summed E-state index contributed by atoms with van der Waals surface area (Å²) in [7, 11) is 0. The molecule has 0 aliphatic carbocycles. The molecule has 0 spiro atoms. The topological polar surface area (TPSA) is 81.4 Å². The first-order chi connectivity index (χ1) is 7.76. The minimum atomic E-state index is -0.218. The smallest absolute Gasteiger partial charge is 0.257 e.